The van der Waals surface area contributed by atoms with Crippen molar-refractivity contribution in [2.75, 3.05) is 6.61 Å². The predicted molar refractivity (Wildman–Crippen MR) is 398 cm³/mol. The highest BCUT2D eigenvalue weighted by Crippen LogP contribution is 2.44. The molecule has 8 aromatic carbocycles. The van der Waals surface area contributed by atoms with Crippen molar-refractivity contribution in [3.63, 3.8) is 0 Å². The molecule has 8 aromatic rings. The van der Waals surface area contributed by atoms with E-state index in [-0.39, 0.29) is 55.3 Å². The van der Waals surface area contributed by atoms with Gasteiger partial charge in [0.05, 0.1) is 0 Å². The molecule has 1 fully saturated rings. The fourth-order valence-electron chi connectivity index (χ4n) is 14.2. The quantitative estimate of drug-likeness (QED) is 0.100. The lowest BCUT2D eigenvalue weighted by Crippen LogP contribution is -2.75. The Balaban J connectivity index is 1.13. The Morgan fingerprint density at radius 3 is 0.802 bits per heavy atom. The van der Waals surface area contributed by atoms with Gasteiger partial charge < -0.3 is 9.47 Å². The number of hydrogen-bond donors (Lipinski definition) is 0. The summed E-state index contributed by atoms with van der Waals surface area (Å²) >= 11 is 0. The van der Waals surface area contributed by atoms with Crippen LogP contribution in [0.2, 0.25) is 0 Å². The highest BCUT2D eigenvalue weighted by Gasteiger charge is 2.47. The zero-order valence-corrected chi connectivity index (χ0v) is 62.2. The van der Waals surface area contributed by atoms with Gasteiger partial charge in [-0.2, -0.15) is 0 Å². The van der Waals surface area contributed by atoms with E-state index in [0.29, 0.717) is 6.61 Å². The topological polar surface area (TPSA) is 18.5 Å². The first-order valence-electron chi connectivity index (χ1n) is 33.8. The van der Waals surface area contributed by atoms with Crippen LogP contribution in [0.25, 0.3) is 0 Å². The van der Waals surface area contributed by atoms with Crippen molar-refractivity contribution in [3.8, 4) is 0 Å². The largest absolute Gasteiger partial charge is 0.486 e. The maximum atomic E-state index is 7.40. The van der Waals surface area contributed by atoms with E-state index in [0.717, 1.165) is 11.5 Å². The van der Waals surface area contributed by atoms with Gasteiger partial charge in [-0.15, -0.1) is 0 Å². The summed E-state index contributed by atoms with van der Waals surface area (Å²) in [5, 5.41) is 11.2. The lowest BCUT2D eigenvalue weighted by Gasteiger charge is -2.39. The van der Waals surface area contributed by atoms with Crippen LogP contribution in [-0.2, 0) is 52.8 Å². The van der Waals surface area contributed by atoms with E-state index < -0.39 is 16.1 Å². The van der Waals surface area contributed by atoms with Gasteiger partial charge in [0.2, 0.25) is 0 Å². The monoisotopic (exact) mass is 1240 g/mol. The number of hydrogen-bond acceptors (Lipinski definition) is 2. The summed E-state index contributed by atoms with van der Waals surface area (Å²) < 4.78 is 14.4. The Morgan fingerprint density at radius 1 is 0.275 bits per heavy atom. The smallest absolute Gasteiger partial charge is 0.179 e. The van der Waals surface area contributed by atoms with E-state index in [9.17, 15) is 0 Å². The maximum Gasteiger partial charge on any atom is 0.179 e. The van der Waals surface area contributed by atoms with E-state index in [1.54, 1.807) is 0 Å². The van der Waals surface area contributed by atoms with E-state index in [4.69, 9.17) is 9.47 Å². The van der Waals surface area contributed by atoms with Gasteiger partial charge >= 0.3 is 0 Å². The van der Waals surface area contributed by atoms with Gasteiger partial charge in [-0.1, -0.05) is 348 Å². The summed E-state index contributed by atoms with van der Waals surface area (Å²) in [6.45, 7) is 57.0. The third-order valence-electron chi connectivity index (χ3n) is 19.8. The molecule has 0 saturated carbocycles. The molecular weight excluding hydrogens is 1130 g/mol. The molecule has 1 saturated heterocycles. The van der Waals surface area contributed by atoms with Gasteiger partial charge in [0.15, 0.2) is 33.8 Å². The Kier molecular flexibility index (Phi) is 17.5. The van der Waals surface area contributed by atoms with Crippen molar-refractivity contribution in [2.45, 2.75) is 222 Å². The van der Waals surface area contributed by atoms with Crippen LogP contribution in [0.3, 0.4) is 0 Å². The van der Waals surface area contributed by atoms with E-state index >= 15 is 0 Å². The summed E-state index contributed by atoms with van der Waals surface area (Å²) in [6.07, 6.45) is 4.36. The van der Waals surface area contributed by atoms with Crippen LogP contribution in [0.5, 0.6) is 0 Å². The first-order valence-corrected chi connectivity index (χ1v) is 37.8. The molecule has 4 heteroatoms. The second-order valence-electron chi connectivity index (χ2n) is 35.1. The van der Waals surface area contributed by atoms with Gasteiger partial charge in [-0.3, -0.25) is 0 Å². The van der Waals surface area contributed by atoms with E-state index in [2.05, 4.69) is 360 Å². The first kappa shape index (κ1) is 67.2. The molecule has 476 valence electrons. The van der Waals surface area contributed by atoms with Crippen LogP contribution in [0.15, 0.2) is 206 Å². The van der Waals surface area contributed by atoms with Crippen LogP contribution < -0.4 is 41.5 Å². The minimum atomic E-state index is -3.10. The predicted octanol–water partition coefficient (Wildman–Crippen LogP) is 17.5. The van der Waals surface area contributed by atoms with Crippen molar-refractivity contribution in [2.24, 2.45) is 0 Å². The van der Waals surface area contributed by atoms with Crippen LogP contribution in [-0.4, -0.2) is 22.8 Å². The second-order valence-corrected chi connectivity index (χ2v) is 42.7. The fourth-order valence-corrected chi connectivity index (χ4v) is 23.9. The van der Waals surface area contributed by atoms with Gasteiger partial charge in [-0.05, 0) is 153 Å². The Morgan fingerprint density at radius 2 is 0.527 bits per heavy atom. The van der Waals surface area contributed by atoms with Crippen LogP contribution in [0.1, 0.15) is 234 Å². The number of benzene rings is 8. The molecule has 0 amide bonds. The van der Waals surface area contributed by atoms with Crippen LogP contribution in [0, 0.1) is 0 Å². The van der Waals surface area contributed by atoms with Crippen molar-refractivity contribution in [1.82, 2.24) is 0 Å². The Labute approximate surface area is 553 Å². The molecule has 2 nitrogen and oxygen atoms in total. The molecule has 1 aliphatic carbocycles. The molecule has 0 spiro atoms. The lowest BCUT2D eigenvalue weighted by atomic mass is 9.80. The number of fused-ring (bicyclic) bond motifs is 1. The molecule has 0 N–H and O–H groups in total. The molecule has 0 aromatic heterocycles. The summed E-state index contributed by atoms with van der Waals surface area (Å²) in [4.78, 5) is 0. The molecule has 91 heavy (non-hydrogen) atoms. The van der Waals surface area contributed by atoms with Crippen molar-refractivity contribution in [3.05, 3.63) is 261 Å². The van der Waals surface area contributed by atoms with E-state index in [1.165, 1.54) is 97.1 Å². The summed E-state index contributed by atoms with van der Waals surface area (Å²) in [5.74, 6) is 1.62. The van der Waals surface area contributed by atoms with Crippen LogP contribution >= 0.6 is 0 Å². The Hall–Kier alpha value is -6.73. The SMILES string of the molecule is CC(C)(C)c1cccc([Si](c2cccc(C(C)(C)C)c2)(c2cccc(C(C)(C)C)c2)c2ccc(C3C=C4OCC(c5ccc([Si](c6cccc(C(C)(C)C)c6)(c6cccc(C(C)(C)C)c6)c6cccc(C(C)(C)C)c6)cc5C(C)(C)C)OC4=C3)c(C(C)(C)C)c2)c1. The molecule has 1 aliphatic heterocycles. The molecule has 10 rings (SSSR count). The van der Waals surface area contributed by atoms with Gasteiger partial charge in [0.25, 0.3) is 0 Å². The molecule has 0 radical (unpaired) electrons. The number of allylic oxidation sites excluding steroid dienone is 2. The minimum Gasteiger partial charge on any atom is -0.486 e. The molecular formula is C87H108O2Si2. The number of rotatable bonds is 10. The molecule has 2 unspecified atom stereocenters. The van der Waals surface area contributed by atoms with Gasteiger partial charge in [0.1, 0.15) is 6.61 Å². The average molecular weight is 1240 g/mol. The zero-order chi connectivity index (χ0) is 66.5. The lowest BCUT2D eigenvalue weighted by molar-refractivity contribution is -0.00763. The Bertz CT molecular complexity index is 3790. The molecule has 0 bridgehead atoms. The van der Waals surface area contributed by atoms with Crippen molar-refractivity contribution in [1.29, 1.82) is 0 Å². The summed E-state index contributed by atoms with van der Waals surface area (Å²) in [6, 6.07) is 73.0. The second kappa shape index (κ2) is 23.7. The fraction of sp³-hybridized carbons (Fsp3) is 0.402. The normalized spacial score (nSPS) is 16.4. The minimum absolute atomic E-state index is 0.0386. The van der Waals surface area contributed by atoms with Crippen molar-refractivity contribution < 1.29 is 9.47 Å². The third kappa shape index (κ3) is 13.2. The standard InChI is InChI=1S/C87H108O2Si2/c1-80(2,3)59-31-25-37-65(49-59)90(66-38-26-32-60(50-66)81(4,5)6,67-39-27-33-61(51-67)82(7,8)9)71-43-45-73(75(55-71)86(19,20)21)58-47-77-78(48-58)89-79(57-88-77)74-46-44-72(56-76(74)87(22,23)24)91(68-40-28-34-62(52-68)83(10,11)12,69-41-29-35-63(53-69)84(13,14)15)70-42-30-36-64(54-70)85(16,17)18/h25-56,58,79H,57H2,1-24H3. The summed E-state index contributed by atoms with van der Waals surface area (Å²) in [5.41, 5.74) is 12.5. The van der Waals surface area contributed by atoms with Crippen molar-refractivity contribution >= 4 is 57.6 Å². The third-order valence-corrected chi connectivity index (χ3v) is 29.2. The zero-order valence-electron chi connectivity index (χ0n) is 60.2. The molecule has 2 aliphatic rings. The van der Waals surface area contributed by atoms with Gasteiger partial charge in [-0.25, -0.2) is 0 Å². The average Bonchev–Trinajstić information content (AvgIpc) is 1.03. The maximum absolute atomic E-state index is 7.40. The molecule has 1 heterocycles. The molecule has 2 atom stereocenters. The highest BCUT2D eigenvalue weighted by atomic mass is 28.3. The summed E-state index contributed by atoms with van der Waals surface area (Å²) in [7, 11) is -6.18. The first-order chi connectivity index (χ1) is 42.1. The van der Waals surface area contributed by atoms with Crippen LogP contribution in [0.4, 0.5) is 0 Å². The van der Waals surface area contributed by atoms with Gasteiger partial charge in [0, 0.05) is 5.92 Å². The highest BCUT2D eigenvalue weighted by molar-refractivity contribution is 7.20. The number of ether oxygens (including phenoxy) is 2. The van der Waals surface area contributed by atoms with E-state index in [1.807, 2.05) is 0 Å².